The molecule has 0 bridgehead atoms. The van der Waals surface area contributed by atoms with E-state index >= 15 is 0 Å². The highest BCUT2D eigenvalue weighted by Gasteiger charge is 2.12. The van der Waals surface area contributed by atoms with Crippen LogP contribution < -0.4 is 14.8 Å². The highest BCUT2D eigenvalue weighted by molar-refractivity contribution is 7.99. The van der Waals surface area contributed by atoms with Gasteiger partial charge in [0.15, 0.2) is 0 Å². The van der Waals surface area contributed by atoms with Crippen molar-refractivity contribution in [2.75, 3.05) is 26.5 Å². The standard InChI is InChI=1S/C18H20FNO3S/c1-22-14-6-9-16(17(12-14)23-2)18(21)20-10-3-11-24-15-7-4-13(19)5-8-15/h4-9,12H,3,10-11H2,1-2H3,(H,20,21). The van der Waals surface area contributed by atoms with Crippen molar-refractivity contribution in [1.29, 1.82) is 0 Å². The molecule has 24 heavy (non-hydrogen) atoms. The molecular weight excluding hydrogens is 329 g/mol. The van der Waals surface area contributed by atoms with Crippen molar-refractivity contribution in [1.82, 2.24) is 5.32 Å². The molecule has 1 N–H and O–H groups in total. The first-order chi connectivity index (χ1) is 11.6. The van der Waals surface area contributed by atoms with Crippen molar-refractivity contribution in [3.8, 4) is 11.5 Å². The summed E-state index contributed by atoms with van der Waals surface area (Å²) in [5.74, 6) is 1.54. The predicted octanol–water partition coefficient (Wildman–Crippen LogP) is 3.76. The molecular formula is C18H20FNO3S. The van der Waals surface area contributed by atoms with E-state index < -0.39 is 0 Å². The maximum Gasteiger partial charge on any atom is 0.255 e. The third kappa shape index (κ3) is 5.16. The second-order valence-corrected chi connectivity index (χ2v) is 6.15. The van der Waals surface area contributed by atoms with E-state index in [1.807, 2.05) is 0 Å². The molecule has 0 saturated carbocycles. The summed E-state index contributed by atoms with van der Waals surface area (Å²) in [6, 6.07) is 11.5. The number of thioether (sulfide) groups is 1. The van der Waals surface area contributed by atoms with Gasteiger partial charge in [0.1, 0.15) is 17.3 Å². The average molecular weight is 349 g/mol. The zero-order valence-corrected chi connectivity index (χ0v) is 14.5. The van der Waals surface area contributed by atoms with Crippen molar-refractivity contribution >= 4 is 17.7 Å². The van der Waals surface area contributed by atoms with Gasteiger partial charge in [-0.3, -0.25) is 4.79 Å². The Balaban J connectivity index is 1.78. The Labute approximate surface area is 145 Å². The Kier molecular flexibility index (Phi) is 6.93. The Morgan fingerprint density at radius 1 is 1.12 bits per heavy atom. The monoisotopic (exact) mass is 349 g/mol. The molecule has 0 radical (unpaired) electrons. The van der Waals surface area contributed by atoms with Crippen LogP contribution in [0.1, 0.15) is 16.8 Å². The summed E-state index contributed by atoms with van der Waals surface area (Å²) in [4.78, 5) is 13.2. The van der Waals surface area contributed by atoms with Gasteiger partial charge in [-0.15, -0.1) is 11.8 Å². The van der Waals surface area contributed by atoms with Crippen LogP contribution in [0.4, 0.5) is 4.39 Å². The molecule has 2 aromatic rings. The molecule has 2 aromatic carbocycles. The average Bonchev–Trinajstić information content (AvgIpc) is 2.62. The van der Waals surface area contributed by atoms with E-state index in [4.69, 9.17) is 9.47 Å². The molecule has 0 atom stereocenters. The smallest absolute Gasteiger partial charge is 0.255 e. The maximum atomic E-state index is 12.8. The third-order valence-corrected chi connectivity index (χ3v) is 4.44. The predicted molar refractivity (Wildman–Crippen MR) is 93.6 cm³/mol. The molecule has 0 fully saturated rings. The fraction of sp³-hybridized carbons (Fsp3) is 0.278. The summed E-state index contributed by atoms with van der Waals surface area (Å²) in [6.45, 7) is 0.558. The van der Waals surface area contributed by atoms with Gasteiger partial charge in [0.25, 0.3) is 5.91 Å². The summed E-state index contributed by atoms with van der Waals surface area (Å²) < 4.78 is 23.2. The summed E-state index contributed by atoms with van der Waals surface area (Å²) >= 11 is 1.63. The lowest BCUT2D eigenvalue weighted by Gasteiger charge is -2.10. The van der Waals surface area contributed by atoms with Crippen LogP contribution in [-0.2, 0) is 0 Å². The van der Waals surface area contributed by atoms with Crippen molar-refractivity contribution < 1.29 is 18.7 Å². The number of carbonyl (C=O) groups is 1. The molecule has 1 amide bonds. The first kappa shape index (κ1) is 18.1. The number of nitrogens with one attached hydrogen (secondary N) is 1. The van der Waals surface area contributed by atoms with E-state index in [2.05, 4.69) is 5.32 Å². The summed E-state index contributed by atoms with van der Waals surface area (Å²) in [6.07, 6.45) is 0.812. The minimum absolute atomic E-state index is 0.179. The van der Waals surface area contributed by atoms with E-state index in [1.54, 1.807) is 49.2 Å². The SMILES string of the molecule is COc1ccc(C(=O)NCCCSc2ccc(F)cc2)c(OC)c1. The third-order valence-electron chi connectivity index (χ3n) is 3.34. The fourth-order valence-electron chi connectivity index (χ4n) is 2.08. The van der Waals surface area contributed by atoms with E-state index in [9.17, 15) is 9.18 Å². The summed E-state index contributed by atoms with van der Waals surface area (Å²) in [7, 11) is 3.08. The molecule has 0 aromatic heterocycles. The fourth-order valence-corrected chi connectivity index (χ4v) is 2.93. The second kappa shape index (κ2) is 9.17. The molecule has 4 nitrogen and oxygen atoms in total. The Hall–Kier alpha value is -2.21. The van der Waals surface area contributed by atoms with Crippen molar-refractivity contribution in [2.24, 2.45) is 0 Å². The number of benzene rings is 2. The molecule has 0 heterocycles. The second-order valence-electron chi connectivity index (χ2n) is 4.98. The lowest BCUT2D eigenvalue weighted by atomic mass is 10.1. The highest BCUT2D eigenvalue weighted by atomic mass is 32.2. The van der Waals surface area contributed by atoms with Crippen LogP contribution in [0, 0.1) is 5.82 Å². The minimum Gasteiger partial charge on any atom is -0.497 e. The van der Waals surface area contributed by atoms with Gasteiger partial charge >= 0.3 is 0 Å². The number of rotatable bonds is 8. The largest absolute Gasteiger partial charge is 0.497 e. The number of hydrogen-bond donors (Lipinski definition) is 1. The van der Waals surface area contributed by atoms with Crippen LogP contribution in [0.3, 0.4) is 0 Å². The normalized spacial score (nSPS) is 10.3. The number of hydrogen-bond acceptors (Lipinski definition) is 4. The molecule has 0 aliphatic rings. The first-order valence-electron chi connectivity index (χ1n) is 7.52. The van der Waals surface area contributed by atoms with E-state index in [0.29, 0.717) is 23.6 Å². The van der Waals surface area contributed by atoms with Gasteiger partial charge in [0.05, 0.1) is 19.8 Å². The molecule has 0 aliphatic carbocycles. The number of carbonyl (C=O) groups excluding carboxylic acids is 1. The van der Waals surface area contributed by atoms with Crippen LogP contribution >= 0.6 is 11.8 Å². The van der Waals surface area contributed by atoms with Crippen LogP contribution in [0.2, 0.25) is 0 Å². The summed E-state index contributed by atoms with van der Waals surface area (Å²) in [5, 5.41) is 2.87. The van der Waals surface area contributed by atoms with Gasteiger partial charge in [-0.2, -0.15) is 0 Å². The van der Waals surface area contributed by atoms with E-state index in [-0.39, 0.29) is 11.7 Å². The Bertz CT molecular complexity index is 676. The van der Waals surface area contributed by atoms with Gasteiger partial charge in [-0.25, -0.2) is 4.39 Å². The Morgan fingerprint density at radius 2 is 1.88 bits per heavy atom. The minimum atomic E-state index is -0.236. The Morgan fingerprint density at radius 3 is 2.54 bits per heavy atom. The van der Waals surface area contributed by atoms with Crippen molar-refractivity contribution in [3.05, 3.63) is 53.8 Å². The van der Waals surface area contributed by atoms with Crippen molar-refractivity contribution in [2.45, 2.75) is 11.3 Å². The molecule has 128 valence electrons. The van der Waals surface area contributed by atoms with Gasteiger partial charge in [-0.05, 0) is 48.6 Å². The molecule has 2 rings (SSSR count). The van der Waals surface area contributed by atoms with Crippen molar-refractivity contribution in [3.63, 3.8) is 0 Å². The quantitative estimate of drug-likeness (QED) is 0.582. The number of ether oxygens (including phenoxy) is 2. The van der Waals surface area contributed by atoms with Gasteiger partial charge < -0.3 is 14.8 Å². The topological polar surface area (TPSA) is 47.6 Å². The lowest BCUT2D eigenvalue weighted by molar-refractivity contribution is 0.0950. The first-order valence-corrected chi connectivity index (χ1v) is 8.51. The van der Waals surface area contributed by atoms with E-state index in [0.717, 1.165) is 17.1 Å². The van der Waals surface area contributed by atoms with Gasteiger partial charge in [0, 0.05) is 17.5 Å². The zero-order chi connectivity index (χ0) is 17.4. The van der Waals surface area contributed by atoms with Crippen LogP contribution in [0.25, 0.3) is 0 Å². The number of amides is 1. The molecule has 0 aliphatic heterocycles. The molecule has 6 heteroatoms. The number of methoxy groups -OCH3 is 2. The lowest BCUT2D eigenvalue weighted by Crippen LogP contribution is -2.25. The van der Waals surface area contributed by atoms with Crippen LogP contribution in [0.15, 0.2) is 47.4 Å². The molecule has 0 saturated heterocycles. The molecule has 0 unspecified atom stereocenters. The van der Waals surface area contributed by atoms with Crippen LogP contribution in [-0.4, -0.2) is 32.4 Å². The highest BCUT2D eigenvalue weighted by Crippen LogP contribution is 2.24. The maximum absolute atomic E-state index is 12.8. The zero-order valence-electron chi connectivity index (χ0n) is 13.7. The van der Waals surface area contributed by atoms with Gasteiger partial charge in [0.2, 0.25) is 0 Å². The summed E-state index contributed by atoms with van der Waals surface area (Å²) in [5.41, 5.74) is 0.476. The van der Waals surface area contributed by atoms with E-state index in [1.165, 1.54) is 19.2 Å². The number of halogens is 1. The van der Waals surface area contributed by atoms with Crippen LogP contribution in [0.5, 0.6) is 11.5 Å². The van der Waals surface area contributed by atoms with Gasteiger partial charge in [-0.1, -0.05) is 0 Å². The molecule has 0 spiro atoms.